The molecule has 3 nitrogen and oxygen atoms in total. The quantitative estimate of drug-likeness (QED) is 0.626. The third-order valence-corrected chi connectivity index (χ3v) is 3.52. The van der Waals surface area contributed by atoms with Crippen LogP contribution >= 0.6 is 0 Å². The number of Topliss-reactive ketones (excluding diaryl/α,β-unsaturated/α-hetero) is 1. The summed E-state index contributed by atoms with van der Waals surface area (Å²) in [5.41, 5.74) is 2.13. The SMILES string of the molecule is CC(C)C(=O)C1C/C(c2ccccc2)=C\CCOC1=O. The van der Waals surface area contributed by atoms with Gasteiger partial charge in [0.1, 0.15) is 11.7 Å². The minimum Gasteiger partial charge on any atom is -0.465 e. The second-order valence-corrected chi connectivity index (χ2v) is 5.37. The highest BCUT2D eigenvalue weighted by molar-refractivity contribution is 6.01. The number of esters is 1. The lowest BCUT2D eigenvalue weighted by Crippen LogP contribution is -2.30. The van der Waals surface area contributed by atoms with Gasteiger partial charge in [-0.05, 0) is 17.6 Å². The fourth-order valence-corrected chi connectivity index (χ4v) is 2.39. The zero-order chi connectivity index (χ0) is 14.5. The van der Waals surface area contributed by atoms with Crippen molar-refractivity contribution in [3.05, 3.63) is 42.0 Å². The highest BCUT2D eigenvalue weighted by Crippen LogP contribution is 2.27. The average molecular weight is 272 g/mol. The fourth-order valence-electron chi connectivity index (χ4n) is 2.39. The number of rotatable bonds is 3. The molecule has 0 fully saturated rings. The maximum atomic E-state index is 12.2. The van der Waals surface area contributed by atoms with Gasteiger partial charge in [0.05, 0.1) is 6.61 Å². The molecule has 1 unspecified atom stereocenters. The number of hydrogen-bond acceptors (Lipinski definition) is 3. The minimum atomic E-state index is -0.679. The first-order valence-electron chi connectivity index (χ1n) is 7.04. The largest absolute Gasteiger partial charge is 0.465 e. The normalized spacial score (nSPS) is 22.4. The molecule has 0 aromatic heterocycles. The summed E-state index contributed by atoms with van der Waals surface area (Å²) in [6, 6.07) is 9.91. The van der Waals surface area contributed by atoms with Gasteiger partial charge in [-0.1, -0.05) is 50.3 Å². The summed E-state index contributed by atoms with van der Waals surface area (Å²) in [6.07, 6.45) is 3.20. The fraction of sp³-hybridized carbons (Fsp3) is 0.412. The third kappa shape index (κ3) is 3.35. The van der Waals surface area contributed by atoms with Gasteiger partial charge in [-0.3, -0.25) is 9.59 Å². The van der Waals surface area contributed by atoms with Crippen molar-refractivity contribution in [2.75, 3.05) is 6.61 Å². The Morgan fingerprint density at radius 2 is 1.95 bits per heavy atom. The number of carbonyl (C=O) groups is 2. The molecule has 2 rings (SSSR count). The molecule has 0 radical (unpaired) electrons. The van der Waals surface area contributed by atoms with Gasteiger partial charge in [-0.2, -0.15) is 0 Å². The Morgan fingerprint density at radius 3 is 2.60 bits per heavy atom. The molecule has 0 spiro atoms. The van der Waals surface area contributed by atoms with Crippen LogP contribution in [0.3, 0.4) is 0 Å². The Morgan fingerprint density at radius 1 is 1.25 bits per heavy atom. The third-order valence-electron chi connectivity index (χ3n) is 3.52. The highest BCUT2D eigenvalue weighted by atomic mass is 16.5. The van der Waals surface area contributed by atoms with Gasteiger partial charge < -0.3 is 4.74 Å². The Hall–Kier alpha value is -1.90. The molecule has 1 heterocycles. The van der Waals surface area contributed by atoms with Crippen molar-refractivity contribution in [3.8, 4) is 0 Å². The number of hydrogen-bond donors (Lipinski definition) is 0. The molecule has 3 heteroatoms. The van der Waals surface area contributed by atoms with Crippen molar-refractivity contribution in [3.63, 3.8) is 0 Å². The molecule has 0 aliphatic carbocycles. The van der Waals surface area contributed by atoms with E-state index in [0.29, 0.717) is 19.4 Å². The Kier molecular flexibility index (Phi) is 4.72. The molecule has 1 aliphatic heterocycles. The first-order valence-corrected chi connectivity index (χ1v) is 7.04. The van der Waals surface area contributed by atoms with Crippen LogP contribution in [0.15, 0.2) is 36.4 Å². The summed E-state index contributed by atoms with van der Waals surface area (Å²) in [5.74, 6) is -1.27. The van der Waals surface area contributed by atoms with Crippen molar-refractivity contribution >= 4 is 17.3 Å². The van der Waals surface area contributed by atoms with Crippen LogP contribution in [0.25, 0.3) is 5.57 Å². The van der Waals surface area contributed by atoms with Crippen LogP contribution in [0, 0.1) is 11.8 Å². The monoisotopic (exact) mass is 272 g/mol. The number of ether oxygens (including phenoxy) is 1. The maximum Gasteiger partial charge on any atom is 0.316 e. The van der Waals surface area contributed by atoms with E-state index in [1.54, 1.807) is 0 Å². The van der Waals surface area contributed by atoms with Crippen LogP contribution in [-0.2, 0) is 14.3 Å². The van der Waals surface area contributed by atoms with Gasteiger partial charge in [0.15, 0.2) is 0 Å². The average Bonchev–Trinajstić information content (AvgIpc) is 2.44. The molecule has 0 N–H and O–H groups in total. The molecule has 0 saturated carbocycles. The summed E-state index contributed by atoms with van der Waals surface area (Å²) >= 11 is 0. The number of allylic oxidation sites excluding steroid dienone is 1. The molecule has 0 saturated heterocycles. The summed E-state index contributed by atoms with van der Waals surface area (Å²) in [5, 5.41) is 0. The van der Waals surface area contributed by atoms with Crippen molar-refractivity contribution in [1.29, 1.82) is 0 Å². The van der Waals surface area contributed by atoms with Crippen LogP contribution in [0.2, 0.25) is 0 Å². The Balaban J connectivity index is 2.29. The lowest BCUT2D eigenvalue weighted by atomic mass is 9.86. The van der Waals surface area contributed by atoms with Crippen LogP contribution in [-0.4, -0.2) is 18.4 Å². The topological polar surface area (TPSA) is 43.4 Å². The van der Waals surface area contributed by atoms with Crippen molar-refractivity contribution in [1.82, 2.24) is 0 Å². The van der Waals surface area contributed by atoms with Gasteiger partial charge >= 0.3 is 5.97 Å². The Labute approximate surface area is 119 Å². The summed E-state index contributed by atoms with van der Waals surface area (Å²) in [6.45, 7) is 3.98. The van der Waals surface area contributed by atoms with Crippen molar-refractivity contribution < 1.29 is 14.3 Å². The minimum absolute atomic E-state index is 0.0428. The van der Waals surface area contributed by atoms with E-state index < -0.39 is 5.92 Å². The molecule has 1 atom stereocenters. The van der Waals surface area contributed by atoms with E-state index in [4.69, 9.17) is 4.74 Å². The molecular weight excluding hydrogens is 252 g/mol. The lowest BCUT2D eigenvalue weighted by Gasteiger charge is -2.21. The second-order valence-electron chi connectivity index (χ2n) is 5.37. The highest BCUT2D eigenvalue weighted by Gasteiger charge is 2.31. The molecular formula is C17H20O3. The predicted octanol–water partition coefficient (Wildman–Crippen LogP) is 3.25. The number of carbonyl (C=O) groups excluding carboxylic acids is 2. The molecule has 1 aliphatic rings. The zero-order valence-electron chi connectivity index (χ0n) is 12.0. The number of cyclic esters (lactones) is 1. The summed E-state index contributed by atoms with van der Waals surface area (Å²) < 4.78 is 5.15. The van der Waals surface area contributed by atoms with E-state index in [1.807, 2.05) is 44.2 Å². The van der Waals surface area contributed by atoms with Crippen LogP contribution in [0.4, 0.5) is 0 Å². The number of ketones is 1. The zero-order valence-corrected chi connectivity index (χ0v) is 12.0. The molecule has 1 aromatic rings. The van der Waals surface area contributed by atoms with E-state index in [-0.39, 0.29) is 17.7 Å². The van der Waals surface area contributed by atoms with Gasteiger partial charge in [0, 0.05) is 12.3 Å². The predicted molar refractivity (Wildman–Crippen MR) is 77.9 cm³/mol. The van der Waals surface area contributed by atoms with Crippen molar-refractivity contribution in [2.45, 2.75) is 26.7 Å². The van der Waals surface area contributed by atoms with E-state index in [2.05, 4.69) is 6.08 Å². The van der Waals surface area contributed by atoms with Crippen LogP contribution < -0.4 is 0 Å². The van der Waals surface area contributed by atoms with Crippen LogP contribution in [0.1, 0.15) is 32.3 Å². The van der Waals surface area contributed by atoms with Gasteiger partial charge in [0.2, 0.25) is 0 Å². The Bertz CT molecular complexity index is 514. The maximum absolute atomic E-state index is 12.2. The van der Waals surface area contributed by atoms with Gasteiger partial charge in [-0.25, -0.2) is 0 Å². The van der Waals surface area contributed by atoms with E-state index in [1.165, 1.54) is 0 Å². The first kappa shape index (κ1) is 14.5. The first-order chi connectivity index (χ1) is 9.59. The molecule has 20 heavy (non-hydrogen) atoms. The van der Waals surface area contributed by atoms with Gasteiger partial charge in [0.25, 0.3) is 0 Å². The van der Waals surface area contributed by atoms with E-state index in [0.717, 1.165) is 11.1 Å². The number of benzene rings is 1. The van der Waals surface area contributed by atoms with Crippen molar-refractivity contribution in [2.24, 2.45) is 11.8 Å². The van der Waals surface area contributed by atoms with Crippen LogP contribution in [0.5, 0.6) is 0 Å². The van der Waals surface area contributed by atoms with Gasteiger partial charge in [-0.15, -0.1) is 0 Å². The summed E-state index contributed by atoms with van der Waals surface area (Å²) in [7, 11) is 0. The standard InChI is InChI=1S/C17H20O3/c1-12(2)16(18)15-11-14(9-6-10-20-17(15)19)13-7-4-3-5-8-13/h3-5,7-9,12,15H,6,10-11H2,1-2H3/b14-9+. The molecule has 0 bridgehead atoms. The second kappa shape index (κ2) is 6.51. The lowest BCUT2D eigenvalue weighted by molar-refractivity contribution is -0.152. The molecule has 1 aromatic carbocycles. The smallest absolute Gasteiger partial charge is 0.316 e. The molecule has 106 valence electrons. The van der Waals surface area contributed by atoms with E-state index >= 15 is 0 Å². The van der Waals surface area contributed by atoms with E-state index in [9.17, 15) is 9.59 Å². The molecule has 0 amide bonds. The summed E-state index contributed by atoms with van der Waals surface area (Å²) in [4.78, 5) is 24.2.